The van der Waals surface area contributed by atoms with Crippen LogP contribution in [0.5, 0.6) is 5.75 Å². The van der Waals surface area contributed by atoms with Crippen molar-refractivity contribution < 1.29 is 22.9 Å². The summed E-state index contributed by atoms with van der Waals surface area (Å²) in [5.41, 5.74) is 7.50. The number of anilines is 2. The molecule has 3 aromatic rings. The van der Waals surface area contributed by atoms with Gasteiger partial charge >= 0.3 is 0 Å². The molecule has 7 nitrogen and oxygen atoms in total. The van der Waals surface area contributed by atoms with E-state index in [2.05, 4.69) is 5.32 Å². The van der Waals surface area contributed by atoms with Crippen molar-refractivity contribution in [1.82, 2.24) is 0 Å². The highest BCUT2D eigenvalue weighted by molar-refractivity contribution is 7.86. The minimum atomic E-state index is -4.56. The number of nitrogens with two attached hydrogens (primary N) is 1. The molecule has 3 aromatic carbocycles. The third-order valence-electron chi connectivity index (χ3n) is 4.04. The molecule has 1 amide bonds. The smallest absolute Gasteiger partial charge is 0.295 e. The molecule has 0 bridgehead atoms. The van der Waals surface area contributed by atoms with Gasteiger partial charge in [0.15, 0.2) is 0 Å². The van der Waals surface area contributed by atoms with Crippen LogP contribution in [0.3, 0.4) is 0 Å². The number of rotatable bonds is 3. The standard InChI is InChI=1S/C18H16N2O5S/c1-10-9-11(5-6-13(10)19)18(22)20-14-4-2-3-12-15(21)7-8-16(17(12)14)26(23,24)25/h2-9,21H,19H2,1H3,(H,20,22)(H,23,24,25). The van der Waals surface area contributed by atoms with Crippen LogP contribution in [-0.2, 0) is 10.1 Å². The summed E-state index contributed by atoms with van der Waals surface area (Å²) in [6, 6.07) is 11.5. The van der Waals surface area contributed by atoms with E-state index in [1.807, 2.05) is 0 Å². The zero-order chi connectivity index (χ0) is 19.1. The Morgan fingerprint density at radius 3 is 2.50 bits per heavy atom. The van der Waals surface area contributed by atoms with Crippen LogP contribution in [-0.4, -0.2) is 24.0 Å². The molecular weight excluding hydrogens is 356 g/mol. The highest BCUT2D eigenvalue weighted by atomic mass is 32.2. The van der Waals surface area contributed by atoms with Gasteiger partial charge in [-0.2, -0.15) is 8.42 Å². The molecule has 0 atom stereocenters. The van der Waals surface area contributed by atoms with E-state index >= 15 is 0 Å². The van der Waals surface area contributed by atoms with Crippen molar-refractivity contribution in [3.8, 4) is 5.75 Å². The monoisotopic (exact) mass is 372 g/mol. The molecule has 0 saturated heterocycles. The number of nitrogen functional groups attached to an aromatic ring is 1. The van der Waals surface area contributed by atoms with Crippen LogP contribution in [0.25, 0.3) is 10.8 Å². The molecule has 0 fully saturated rings. The number of fused-ring (bicyclic) bond motifs is 1. The predicted molar refractivity (Wildman–Crippen MR) is 99.0 cm³/mol. The summed E-state index contributed by atoms with van der Waals surface area (Å²) in [6.07, 6.45) is 0. The minimum Gasteiger partial charge on any atom is -0.507 e. The van der Waals surface area contributed by atoms with Gasteiger partial charge in [-0.3, -0.25) is 9.35 Å². The molecule has 26 heavy (non-hydrogen) atoms. The van der Waals surface area contributed by atoms with Gasteiger partial charge in [-0.25, -0.2) is 0 Å². The first-order chi connectivity index (χ1) is 12.2. The van der Waals surface area contributed by atoms with E-state index in [0.717, 1.165) is 11.6 Å². The average Bonchev–Trinajstić information content (AvgIpc) is 2.57. The molecule has 134 valence electrons. The number of phenolic OH excluding ortho intramolecular Hbond substituents is 1. The van der Waals surface area contributed by atoms with E-state index in [9.17, 15) is 22.9 Å². The molecule has 0 spiro atoms. The summed E-state index contributed by atoms with van der Waals surface area (Å²) in [6.45, 7) is 1.76. The van der Waals surface area contributed by atoms with Gasteiger partial charge < -0.3 is 16.2 Å². The lowest BCUT2D eigenvalue weighted by Gasteiger charge is -2.13. The topological polar surface area (TPSA) is 130 Å². The van der Waals surface area contributed by atoms with Crippen molar-refractivity contribution in [3.05, 3.63) is 59.7 Å². The lowest BCUT2D eigenvalue weighted by Crippen LogP contribution is -2.13. The Morgan fingerprint density at radius 1 is 1.12 bits per heavy atom. The normalized spacial score (nSPS) is 11.5. The highest BCUT2D eigenvalue weighted by Gasteiger charge is 2.20. The van der Waals surface area contributed by atoms with E-state index in [1.165, 1.54) is 18.2 Å². The second-order valence-corrected chi connectivity index (χ2v) is 7.20. The number of phenols is 1. The fourth-order valence-corrected chi connectivity index (χ4v) is 3.41. The number of benzene rings is 3. The zero-order valence-electron chi connectivity index (χ0n) is 13.7. The summed E-state index contributed by atoms with van der Waals surface area (Å²) in [5, 5.41) is 12.8. The number of nitrogens with one attached hydrogen (secondary N) is 1. The zero-order valence-corrected chi connectivity index (χ0v) is 14.5. The van der Waals surface area contributed by atoms with Crippen LogP contribution < -0.4 is 11.1 Å². The maximum atomic E-state index is 12.5. The lowest BCUT2D eigenvalue weighted by molar-refractivity contribution is 0.102. The molecule has 0 aliphatic heterocycles. The van der Waals surface area contributed by atoms with Crippen molar-refractivity contribution in [2.45, 2.75) is 11.8 Å². The van der Waals surface area contributed by atoms with Gasteiger partial charge in [-0.05, 0) is 48.9 Å². The van der Waals surface area contributed by atoms with Crippen molar-refractivity contribution in [2.75, 3.05) is 11.1 Å². The first kappa shape index (κ1) is 17.7. The summed E-state index contributed by atoms with van der Waals surface area (Å²) in [7, 11) is -4.56. The van der Waals surface area contributed by atoms with Gasteiger partial charge in [-0.1, -0.05) is 12.1 Å². The maximum Gasteiger partial charge on any atom is 0.295 e. The van der Waals surface area contributed by atoms with Crippen LogP contribution in [0.2, 0.25) is 0 Å². The van der Waals surface area contributed by atoms with Gasteiger partial charge in [0.2, 0.25) is 0 Å². The molecule has 0 saturated carbocycles. The summed E-state index contributed by atoms with van der Waals surface area (Å²) >= 11 is 0. The van der Waals surface area contributed by atoms with Crippen molar-refractivity contribution in [3.63, 3.8) is 0 Å². The summed E-state index contributed by atoms with van der Waals surface area (Å²) in [4.78, 5) is 12.1. The quantitative estimate of drug-likeness (QED) is 0.413. The first-order valence-electron chi connectivity index (χ1n) is 7.58. The van der Waals surface area contributed by atoms with Gasteiger partial charge in [0, 0.05) is 22.0 Å². The number of aromatic hydroxyl groups is 1. The van der Waals surface area contributed by atoms with Crippen LogP contribution in [0.15, 0.2) is 53.4 Å². The molecule has 0 heterocycles. The Bertz CT molecular complexity index is 1140. The summed E-state index contributed by atoms with van der Waals surface area (Å²) in [5.74, 6) is -0.656. The Labute approximate surface area is 149 Å². The van der Waals surface area contributed by atoms with Crippen LogP contribution >= 0.6 is 0 Å². The number of hydrogen-bond donors (Lipinski definition) is 4. The van der Waals surface area contributed by atoms with E-state index in [1.54, 1.807) is 31.2 Å². The molecule has 3 rings (SSSR count). The molecule has 0 aliphatic carbocycles. The summed E-state index contributed by atoms with van der Waals surface area (Å²) < 4.78 is 32.9. The Morgan fingerprint density at radius 2 is 1.85 bits per heavy atom. The second kappa shape index (κ2) is 6.32. The first-order valence-corrected chi connectivity index (χ1v) is 9.02. The average molecular weight is 372 g/mol. The van der Waals surface area contributed by atoms with Crippen LogP contribution in [0.1, 0.15) is 15.9 Å². The Kier molecular flexibility index (Phi) is 4.31. The van der Waals surface area contributed by atoms with Crippen LogP contribution in [0.4, 0.5) is 11.4 Å². The SMILES string of the molecule is Cc1cc(C(=O)Nc2cccc3c(O)ccc(S(=O)(=O)O)c23)ccc1N. The molecule has 0 unspecified atom stereocenters. The van der Waals surface area contributed by atoms with E-state index in [-0.39, 0.29) is 22.2 Å². The highest BCUT2D eigenvalue weighted by Crippen LogP contribution is 2.35. The Hall–Kier alpha value is -3.10. The minimum absolute atomic E-state index is 0.0236. The largest absolute Gasteiger partial charge is 0.507 e. The van der Waals surface area contributed by atoms with Gasteiger partial charge in [0.05, 0.1) is 5.69 Å². The molecule has 0 radical (unpaired) electrons. The van der Waals surface area contributed by atoms with E-state index in [4.69, 9.17) is 5.73 Å². The molecular formula is C18H16N2O5S. The van der Waals surface area contributed by atoms with E-state index < -0.39 is 20.9 Å². The van der Waals surface area contributed by atoms with Crippen molar-refractivity contribution in [1.29, 1.82) is 0 Å². The fourth-order valence-electron chi connectivity index (χ4n) is 2.69. The third kappa shape index (κ3) is 3.19. The van der Waals surface area contributed by atoms with Crippen molar-refractivity contribution >= 4 is 38.2 Å². The van der Waals surface area contributed by atoms with Gasteiger partial charge in [0.25, 0.3) is 16.0 Å². The second-order valence-electron chi connectivity index (χ2n) is 5.81. The van der Waals surface area contributed by atoms with Crippen molar-refractivity contribution in [2.24, 2.45) is 0 Å². The number of aryl methyl sites for hydroxylation is 1. The third-order valence-corrected chi connectivity index (χ3v) is 4.93. The lowest BCUT2D eigenvalue weighted by atomic mass is 10.1. The number of amides is 1. The fraction of sp³-hybridized carbons (Fsp3) is 0.0556. The number of carbonyl (C=O) groups excluding carboxylic acids is 1. The molecule has 0 aliphatic rings. The van der Waals surface area contributed by atoms with Gasteiger partial charge in [-0.15, -0.1) is 0 Å². The molecule has 0 aromatic heterocycles. The van der Waals surface area contributed by atoms with Gasteiger partial charge in [0.1, 0.15) is 10.6 Å². The predicted octanol–water partition coefficient (Wildman–Crippen LogP) is 2.94. The molecule has 8 heteroatoms. The number of carbonyl (C=O) groups is 1. The maximum absolute atomic E-state index is 12.5. The van der Waals surface area contributed by atoms with E-state index in [0.29, 0.717) is 11.3 Å². The number of hydrogen-bond acceptors (Lipinski definition) is 5. The van der Waals surface area contributed by atoms with Crippen LogP contribution in [0, 0.1) is 6.92 Å². The Balaban J connectivity index is 2.15. The molecule has 5 N–H and O–H groups in total.